The standard InChI is InChI=1S/C10H13N3O5S2/c1-18-10(15)8-9(12-5-19-8)13-3-6(2-7(13)14)4-20(11,16)17/h5-6H,2-4H2,1H3,(H2,11,16,17). The van der Waals surface area contributed by atoms with E-state index in [4.69, 9.17) is 5.14 Å². The van der Waals surface area contributed by atoms with E-state index in [1.165, 1.54) is 17.5 Å². The molecule has 1 aliphatic heterocycles. The highest BCUT2D eigenvalue weighted by molar-refractivity contribution is 7.89. The molecule has 1 aliphatic rings. The summed E-state index contributed by atoms with van der Waals surface area (Å²) in [4.78, 5) is 29.0. The molecule has 1 unspecified atom stereocenters. The molecule has 2 heterocycles. The molecule has 2 N–H and O–H groups in total. The molecular weight excluding hydrogens is 306 g/mol. The fourth-order valence-corrected chi connectivity index (χ4v) is 3.68. The summed E-state index contributed by atoms with van der Waals surface area (Å²) < 4.78 is 26.8. The normalized spacial score (nSPS) is 19.4. The summed E-state index contributed by atoms with van der Waals surface area (Å²) in [6, 6.07) is 0. The summed E-state index contributed by atoms with van der Waals surface area (Å²) in [6.45, 7) is 0.170. The van der Waals surface area contributed by atoms with E-state index in [-0.39, 0.29) is 35.3 Å². The minimum Gasteiger partial charge on any atom is -0.465 e. The van der Waals surface area contributed by atoms with Gasteiger partial charge in [-0.2, -0.15) is 0 Å². The number of ether oxygens (including phenoxy) is 1. The van der Waals surface area contributed by atoms with Crippen molar-refractivity contribution in [3.05, 3.63) is 10.4 Å². The van der Waals surface area contributed by atoms with Crippen molar-refractivity contribution in [1.29, 1.82) is 0 Å². The van der Waals surface area contributed by atoms with Crippen molar-refractivity contribution in [1.82, 2.24) is 4.98 Å². The lowest BCUT2D eigenvalue weighted by atomic mass is 10.1. The lowest BCUT2D eigenvalue weighted by Crippen LogP contribution is -2.28. The molecule has 0 aliphatic carbocycles. The second kappa shape index (κ2) is 5.46. The Labute approximate surface area is 119 Å². The van der Waals surface area contributed by atoms with Gasteiger partial charge in [-0.25, -0.2) is 23.3 Å². The minimum absolute atomic E-state index is 0.0641. The Bertz CT molecular complexity index is 639. The number of methoxy groups -OCH3 is 1. The van der Waals surface area contributed by atoms with Crippen molar-refractivity contribution < 1.29 is 22.7 Å². The van der Waals surface area contributed by atoms with Crippen molar-refractivity contribution in [2.24, 2.45) is 11.1 Å². The number of amides is 1. The number of aromatic nitrogens is 1. The molecule has 0 radical (unpaired) electrons. The first-order valence-electron chi connectivity index (χ1n) is 5.64. The Morgan fingerprint density at radius 1 is 1.65 bits per heavy atom. The molecule has 1 aromatic rings. The molecule has 20 heavy (non-hydrogen) atoms. The van der Waals surface area contributed by atoms with Crippen LogP contribution in [0, 0.1) is 5.92 Å². The van der Waals surface area contributed by atoms with Crippen LogP contribution >= 0.6 is 11.3 Å². The average molecular weight is 319 g/mol. The number of rotatable bonds is 4. The van der Waals surface area contributed by atoms with Crippen LogP contribution in [-0.4, -0.2) is 44.7 Å². The molecule has 8 nitrogen and oxygen atoms in total. The van der Waals surface area contributed by atoms with Gasteiger partial charge in [0.05, 0.1) is 18.4 Å². The summed E-state index contributed by atoms with van der Waals surface area (Å²) in [5.74, 6) is -1.32. The zero-order valence-corrected chi connectivity index (χ0v) is 12.2. The van der Waals surface area contributed by atoms with Gasteiger partial charge in [0.15, 0.2) is 10.7 Å². The summed E-state index contributed by atoms with van der Waals surface area (Å²) in [5, 5.41) is 4.98. The zero-order chi connectivity index (χ0) is 14.9. The quantitative estimate of drug-likeness (QED) is 0.752. The number of hydrogen-bond donors (Lipinski definition) is 1. The summed E-state index contributed by atoms with van der Waals surface area (Å²) in [5.41, 5.74) is 1.43. The number of nitrogens with two attached hydrogens (primary N) is 1. The SMILES string of the molecule is COC(=O)c1scnc1N1CC(CS(N)(=O)=O)CC1=O. The lowest BCUT2D eigenvalue weighted by molar-refractivity contribution is -0.117. The fourth-order valence-electron chi connectivity index (χ4n) is 2.09. The topological polar surface area (TPSA) is 120 Å². The second-order valence-electron chi connectivity index (χ2n) is 4.40. The van der Waals surface area contributed by atoms with Crippen LogP contribution in [0.15, 0.2) is 5.51 Å². The van der Waals surface area contributed by atoms with E-state index in [9.17, 15) is 18.0 Å². The molecule has 110 valence electrons. The third-order valence-electron chi connectivity index (χ3n) is 2.85. The van der Waals surface area contributed by atoms with Crippen molar-refractivity contribution >= 4 is 39.1 Å². The Morgan fingerprint density at radius 2 is 2.35 bits per heavy atom. The minimum atomic E-state index is -3.64. The van der Waals surface area contributed by atoms with Crippen molar-refractivity contribution in [2.75, 3.05) is 24.3 Å². The molecule has 0 aromatic carbocycles. The summed E-state index contributed by atoms with van der Waals surface area (Å²) >= 11 is 1.06. The molecule has 1 aromatic heterocycles. The van der Waals surface area contributed by atoms with E-state index in [0.29, 0.717) is 0 Å². The van der Waals surface area contributed by atoms with E-state index in [2.05, 4.69) is 9.72 Å². The van der Waals surface area contributed by atoms with Gasteiger partial charge in [0, 0.05) is 18.9 Å². The van der Waals surface area contributed by atoms with Gasteiger partial charge in [-0.3, -0.25) is 9.69 Å². The van der Waals surface area contributed by atoms with Gasteiger partial charge in [0.2, 0.25) is 15.9 Å². The summed E-state index contributed by atoms with van der Waals surface area (Å²) in [7, 11) is -2.41. The number of hydrogen-bond acceptors (Lipinski definition) is 7. The maximum atomic E-state index is 11.9. The maximum absolute atomic E-state index is 11.9. The first-order chi connectivity index (χ1) is 9.31. The monoisotopic (exact) mass is 319 g/mol. The maximum Gasteiger partial charge on any atom is 0.351 e. The number of anilines is 1. The Morgan fingerprint density at radius 3 is 2.95 bits per heavy atom. The zero-order valence-electron chi connectivity index (χ0n) is 10.6. The number of carbonyl (C=O) groups excluding carboxylic acids is 2. The van der Waals surface area contributed by atoms with E-state index >= 15 is 0 Å². The van der Waals surface area contributed by atoms with Crippen LogP contribution in [0.2, 0.25) is 0 Å². The Hall–Kier alpha value is -1.52. The lowest BCUT2D eigenvalue weighted by Gasteiger charge is -2.14. The highest BCUT2D eigenvalue weighted by Crippen LogP contribution is 2.30. The fraction of sp³-hybridized carbons (Fsp3) is 0.500. The Balaban J connectivity index is 2.20. The van der Waals surface area contributed by atoms with E-state index < -0.39 is 21.9 Å². The van der Waals surface area contributed by atoms with Crippen LogP contribution in [0.4, 0.5) is 5.82 Å². The van der Waals surface area contributed by atoms with E-state index in [1.807, 2.05) is 0 Å². The first kappa shape index (κ1) is 14.9. The van der Waals surface area contributed by atoms with E-state index in [1.54, 1.807) is 0 Å². The first-order valence-corrected chi connectivity index (χ1v) is 8.24. The number of primary sulfonamides is 1. The molecule has 10 heteroatoms. The van der Waals surface area contributed by atoms with Gasteiger partial charge in [0.25, 0.3) is 0 Å². The predicted octanol–water partition coefficient (Wildman–Crippen LogP) is -0.429. The number of thiazole rings is 1. The molecule has 0 saturated carbocycles. The van der Waals surface area contributed by atoms with Crippen LogP contribution in [0.5, 0.6) is 0 Å². The van der Waals surface area contributed by atoms with Crippen molar-refractivity contribution in [3.8, 4) is 0 Å². The van der Waals surface area contributed by atoms with Crippen LogP contribution in [0.25, 0.3) is 0 Å². The molecule has 1 fully saturated rings. The van der Waals surface area contributed by atoms with Crippen LogP contribution in [-0.2, 0) is 19.6 Å². The number of carbonyl (C=O) groups is 2. The molecule has 0 spiro atoms. The highest BCUT2D eigenvalue weighted by atomic mass is 32.2. The van der Waals surface area contributed by atoms with E-state index in [0.717, 1.165) is 11.3 Å². The smallest absolute Gasteiger partial charge is 0.351 e. The predicted molar refractivity (Wildman–Crippen MR) is 71.9 cm³/mol. The van der Waals surface area contributed by atoms with Crippen LogP contribution in [0.1, 0.15) is 16.1 Å². The number of esters is 1. The third-order valence-corrected chi connectivity index (χ3v) is 4.58. The van der Waals surface area contributed by atoms with Gasteiger partial charge in [0.1, 0.15) is 0 Å². The highest BCUT2D eigenvalue weighted by Gasteiger charge is 2.36. The number of nitrogens with zero attached hydrogens (tertiary/aromatic N) is 2. The molecule has 2 rings (SSSR count). The average Bonchev–Trinajstić information content (AvgIpc) is 2.92. The molecule has 1 saturated heterocycles. The van der Waals surface area contributed by atoms with Gasteiger partial charge < -0.3 is 4.74 Å². The van der Waals surface area contributed by atoms with Gasteiger partial charge in [-0.1, -0.05) is 0 Å². The van der Waals surface area contributed by atoms with Crippen molar-refractivity contribution in [2.45, 2.75) is 6.42 Å². The molecule has 1 atom stereocenters. The summed E-state index contributed by atoms with van der Waals surface area (Å²) in [6.07, 6.45) is 0.0641. The molecule has 1 amide bonds. The Kier molecular flexibility index (Phi) is 4.06. The second-order valence-corrected chi connectivity index (χ2v) is 6.91. The van der Waals surface area contributed by atoms with Gasteiger partial charge in [-0.05, 0) is 0 Å². The van der Waals surface area contributed by atoms with Gasteiger partial charge >= 0.3 is 5.97 Å². The van der Waals surface area contributed by atoms with Gasteiger partial charge in [-0.15, -0.1) is 11.3 Å². The third kappa shape index (κ3) is 3.14. The number of sulfonamides is 1. The largest absolute Gasteiger partial charge is 0.465 e. The van der Waals surface area contributed by atoms with Crippen LogP contribution < -0.4 is 10.0 Å². The van der Waals surface area contributed by atoms with Crippen LogP contribution in [0.3, 0.4) is 0 Å². The van der Waals surface area contributed by atoms with Crippen molar-refractivity contribution in [3.63, 3.8) is 0 Å². The molecule has 0 bridgehead atoms. The molecular formula is C10H13N3O5S2.